The highest BCUT2D eigenvalue weighted by molar-refractivity contribution is 6.30. The molecule has 0 N–H and O–H groups in total. The summed E-state index contributed by atoms with van der Waals surface area (Å²) in [4.78, 5) is 16.3. The molecule has 0 aliphatic heterocycles. The van der Waals surface area contributed by atoms with Crippen LogP contribution in [0.15, 0.2) is 59.5 Å². The van der Waals surface area contributed by atoms with E-state index < -0.39 is 5.56 Å². The molecule has 5 heteroatoms. The predicted octanol–water partition coefficient (Wildman–Crippen LogP) is 3.93. The van der Waals surface area contributed by atoms with Crippen molar-refractivity contribution in [3.8, 4) is 17.1 Å². The number of hydrogen-bond donors (Lipinski definition) is 0. The molecule has 24 heavy (non-hydrogen) atoms. The normalized spacial score (nSPS) is 10.6. The highest BCUT2D eigenvalue weighted by Crippen LogP contribution is 2.23. The highest BCUT2D eigenvalue weighted by atomic mass is 35.5. The number of nitrogens with zero attached hydrogens (tertiary/aromatic N) is 2. The average molecular weight is 341 g/mol. The summed E-state index contributed by atoms with van der Waals surface area (Å²) in [7, 11) is 1.47. The Hall–Kier alpha value is -2.59. The molecule has 122 valence electrons. The summed E-state index contributed by atoms with van der Waals surface area (Å²) in [6, 6.07) is 15.4. The summed E-state index contributed by atoms with van der Waals surface area (Å²) in [6.45, 7) is 2.64. The minimum atomic E-state index is -0.395. The van der Waals surface area contributed by atoms with Crippen LogP contribution in [0.1, 0.15) is 11.1 Å². The number of halogens is 1. The van der Waals surface area contributed by atoms with E-state index >= 15 is 0 Å². The molecule has 3 aromatic rings. The summed E-state index contributed by atoms with van der Waals surface area (Å²) in [5.41, 5.74) is 2.71. The molecule has 0 aliphatic rings. The molecule has 1 heterocycles. The Morgan fingerprint density at radius 3 is 2.67 bits per heavy atom. The van der Waals surface area contributed by atoms with Crippen LogP contribution in [0.4, 0.5) is 0 Å². The standard InChI is InChI=1S/C19H17ClN2O2/c1-13-6-3-4-7-15(13)11-22-12-17(24-2)19(23)21-18(22)14-8-5-9-16(20)10-14/h3-10,12H,11H2,1-2H3. The lowest BCUT2D eigenvalue weighted by Gasteiger charge is -2.15. The average Bonchev–Trinajstić information content (AvgIpc) is 2.58. The largest absolute Gasteiger partial charge is 0.490 e. The van der Waals surface area contributed by atoms with Crippen molar-refractivity contribution in [2.45, 2.75) is 13.5 Å². The van der Waals surface area contributed by atoms with Crippen LogP contribution in [0.3, 0.4) is 0 Å². The molecule has 1 aromatic heterocycles. The van der Waals surface area contributed by atoms with Crippen LogP contribution in [0.2, 0.25) is 5.02 Å². The van der Waals surface area contributed by atoms with Gasteiger partial charge in [0.05, 0.1) is 13.3 Å². The van der Waals surface area contributed by atoms with Crippen molar-refractivity contribution in [1.82, 2.24) is 9.55 Å². The van der Waals surface area contributed by atoms with Crippen LogP contribution >= 0.6 is 11.6 Å². The van der Waals surface area contributed by atoms with E-state index in [0.29, 0.717) is 17.4 Å². The van der Waals surface area contributed by atoms with Crippen LogP contribution in [-0.4, -0.2) is 16.7 Å². The third-order valence-electron chi connectivity index (χ3n) is 3.87. The molecule has 0 fully saturated rings. The van der Waals surface area contributed by atoms with Gasteiger partial charge in [-0.2, -0.15) is 4.98 Å². The summed E-state index contributed by atoms with van der Waals surface area (Å²) in [5.74, 6) is 0.779. The Kier molecular flexibility index (Phi) is 4.67. The summed E-state index contributed by atoms with van der Waals surface area (Å²) in [5, 5.41) is 0.597. The fraction of sp³-hybridized carbons (Fsp3) is 0.158. The maximum atomic E-state index is 12.1. The second kappa shape index (κ2) is 6.89. The summed E-state index contributed by atoms with van der Waals surface area (Å²) >= 11 is 6.09. The van der Waals surface area contributed by atoms with E-state index in [9.17, 15) is 4.79 Å². The number of rotatable bonds is 4. The number of benzene rings is 2. The van der Waals surface area contributed by atoms with E-state index in [0.717, 1.165) is 11.1 Å². The van der Waals surface area contributed by atoms with Gasteiger partial charge < -0.3 is 9.30 Å². The molecule has 0 saturated carbocycles. The number of aryl methyl sites for hydroxylation is 1. The minimum absolute atomic E-state index is 0.217. The molecule has 0 unspecified atom stereocenters. The van der Waals surface area contributed by atoms with Crippen LogP contribution in [0.5, 0.6) is 5.75 Å². The fourth-order valence-electron chi connectivity index (χ4n) is 2.56. The molecule has 2 aromatic carbocycles. The molecule has 0 radical (unpaired) electrons. The van der Waals surface area contributed by atoms with Crippen molar-refractivity contribution in [3.63, 3.8) is 0 Å². The fourth-order valence-corrected chi connectivity index (χ4v) is 2.75. The van der Waals surface area contributed by atoms with Gasteiger partial charge in [0.1, 0.15) is 5.82 Å². The lowest BCUT2D eigenvalue weighted by molar-refractivity contribution is 0.402. The van der Waals surface area contributed by atoms with Crippen molar-refractivity contribution in [1.29, 1.82) is 0 Å². The first-order chi connectivity index (χ1) is 11.6. The number of aromatic nitrogens is 2. The van der Waals surface area contributed by atoms with Crippen LogP contribution in [-0.2, 0) is 6.54 Å². The topological polar surface area (TPSA) is 44.1 Å². The number of hydrogen-bond acceptors (Lipinski definition) is 3. The van der Waals surface area contributed by atoms with Gasteiger partial charge in [0.15, 0.2) is 0 Å². The first-order valence-electron chi connectivity index (χ1n) is 7.54. The first-order valence-corrected chi connectivity index (χ1v) is 7.92. The van der Waals surface area contributed by atoms with Gasteiger partial charge in [-0.25, -0.2) is 0 Å². The molecule has 0 spiro atoms. The van der Waals surface area contributed by atoms with E-state index in [1.165, 1.54) is 12.7 Å². The van der Waals surface area contributed by atoms with Gasteiger partial charge in [0, 0.05) is 17.1 Å². The lowest BCUT2D eigenvalue weighted by atomic mass is 10.1. The second-order valence-corrected chi connectivity index (χ2v) is 5.94. The molecule has 0 amide bonds. The van der Waals surface area contributed by atoms with Crippen molar-refractivity contribution in [2.24, 2.45) is 0 Å². The Morgan fingerprint density at radius 2 is 1.96 bits per heavy atom. The predicted molar refractivity (Wildman–Crippen MR) is 95.8 cm³/mol. The number of methoxy groups -OCH3 is 1. The Balaban J connectivity index is 2.16. The maximum absolute atomic E-state index is 12.1. The Bertz CT molecular complexity index is 935. The lowest BCUT2D eigenvalue weighted by Crippen LogP contribution is -2.17. The van der Waals surface area contributed by atoms with E-state index in [1.54, 1.807) is 18.3 Å². The Morgan fingerprint density at radius 1 is 1.17 bits per heavy atom. The zero-order chi connectivity index (χ0) is 17.1. The molecule has 0 bridgehead atoms. The van der Waals surface area contributed by atoms with E-state index in [1.807, 2.05) is 28.8 Å². The summed E-state index contributed by atoms with van der Waals surface area (Å²) < 4.78 is 7.06. The molecular formula is C19H17ClN2O2. The number of ether oxygens (including phenoxy) is 1. The molecule has 3 rings (SSSR count). The zero-order valence-electron chi connectivity index (χ0n) is 13.5. The van der Waals surface area contributed by atoms with E-state index in [-0.39, 0.29) is 5.75 Å². The van der Waals surface area contributed by atoms with Crippen LogP contribution in [0.25, 0.3) is 11.4 Å². The van der Waals surface area contributed by atoms with Gasteiger partial charge in [-0.05, 0) is 30.2 Å². The quantitative estimate of drug-likeness (QED) is 0.722. The molecule has 0 saturated heterocycles. The minimum Gasteiger partial charge on any atom is -0.490 e. The van der Waals surface area contributed by atoms with Gasteiger partial charge in [-0.3, -0.25) is 4.79 Å². The van der Waals surface area contributed by atoms with Crippen LogP contribution < -0.4 is 10.3 Å². The smallest absolute Gasteiger partial charge is 0.315 e. The molecule has 0 atom stereocenters. The summed E-state index contributed by atoms with van der Waals surface area (Å²) in [6.07, 6.45) is 1.69. The third kappa shape index (κ3) is 3.34. The van der Waals surface area contributed by atoms with Crippen molar-refractivity contribution < 1.29 is 4.74 Å². The van der Waals surface area contributed by atoms with Gasteiger partial charge in [0.2, 0.25) is 5.75 Å². The van der Waals surface area contributed by atoms with Gasteiger partial charge in [-0.15, -0.1) is 0 Å². The highest BCUT2D eigenvalue weighted by Gasteiger charge is 2.12. The van der Waals surface area contributed by atoms with Gasteiger partial charge >= 0.3 is 5.56 Å². The third-order valence-corrected chi connectivity index (χ3v) is 4.10. The SMILES string of the molecule is COc1cn(Cc2ccccc2C)c(-c2cccc(Cl)c2)nc1=O. The second-order valence-electron chi connectivity index (χ2n) is 5.50. The molecule has 4 nitrogen and oxygen atoms in total. The van der Waals surface area contributed by atoms with Crippen molar-refractivity contribution in [3.05, 3.63) is 81.2 Å². The van der Waals surface area contributed by atoms with Gasteiger partial charge in [0.25, 0.3) is 0 Å². The Labute approximate surface area is 145 Å². The van der Waals surface area contributed by atoms with E-state index in [2.05, 4.69) is 24.0 Å². The monoisotopic (exact) mass is 340 g/mol. The molecule has 0 aliphatic carbocycles. The van der Waals surface area contributed by atoms with E-state index in [4.69, 9.17) is 16.3 Å². The maximum Gasteiger partial charge on any atom is 0.315 e. The zero-order valence-corrected chi connectivity index (χ0v) is 14.2. The van der Waals surface area contributed by atoms with Crippen LogP contribution in [0, 0.1) is 6.92 Å². The van der Waals surface area contributed by atoms with Gasteiger partial charge in [-0.1, -0.05) is 48.0 Å². The van der Waals surface area contributed by atoms with Crippen molar-refractivity contribution >= 4 is 11.6 Å². The molecular weight excluding hydrogens is 324 g/mol. The van der Waals surface area contributed by atoms with Crippen molar-refractivity contribution in [2.75, 3.05) is 7.11 Å². The first kappa shape index (κ1) is 16.3.